The molecule has 0 aromatic heterocycles. The minimum Gasteiger partial charge on any atom is -0.330 e. The molecule has 13 heavy (non-hydrogen) atoms. The molecule has 0 heterocycles. The zero-order valence-corrected chi connectivity index (χ0v) is 8.52. The van der Waals surface area contributed by atoms with Crippen molar-refractivity contribution in [2.75, 3.05) is 19.6 Å². The molecule has 2 aliphatic rings. The molecule has 76 valence electrons. The van der Waals surface area contributed by atoms with Crippen molar-refractivity contribution in [1.82, 2.24) is 5.32 Å². The zero-order chi connectivity index (χ0) is 9.15. The summed E-state index contributed by atoms with van der Waals surface area (Å²) in [6, 6.07) is 0. The van der Waals surface area contributed by atoms with Crippen LogP contribution in [0.3, 0.4) is 0 Å². The van der Waals surface area contributed by atoms with E-state index in [2.05, 4.69) is 5.32 Å². The maximum absolute atomic E-state index is 5.78. The first-order valence-corrected chi connectivity index (χ1v) is 5.75. The van der Waals surface area contributed by atoms with Crippen molar-refractivity contribution >= 4 is 0 Å². The van der Waals surface area contributed by atoms with Crippen LogP contribution in [-0.4, -0.2) is 19.6 Å². The summed E-state index contributed by atoms with van der Waals surface area (Å²) in [7, 11) is 0. The molecule has 0 saturated heterocycles. The van der Waals surface area contributed by atoms with E-state index in [-0.39, 0.29) is 0 Å². The quantitative estimate of drug-likeness (QED) is 0.611. The summed E-state index contributed by atoms with van der Waals surface area (Å²) in [5.74, 6) is 1.06. The lowest BCUT2D eigenvalue weighted by atomic mass is 9.69. The van der Waals surface area contributed by atoms with Crippen LogP contribution in [0.4, 0.5) is 0 Å². The molecular weight excluding hydrogens is 160 g/mol. The fraction of sp³-hybridized carbons (Fsp3) is 1.00. The van der Waals surface area contributed by atoms with Gasteiger partial charge in [0.05, 0.1) is 0 Å². The topological polar surface area (TPSA) is 38.0 Å². The lowest BCUT2D eigenvalue weighted by Crippen LogP contribution is -2.45. The van der Waals surface area contributed by atoms with Gasteiger partial charge in [0.2, 0.25) is 0 Å². The molecule has 0 amide bonds. The molecule has 0 atom stereocenters. The van der Waals surface area contributed by atoms with Crippen molar-refractivity contribution in [3.8, 4) is 0 Å². The summed E-state index contributed by atoms with van der Waals surface area (Å²) < 4.78 is 0. The summed E-state index contributed by atoms with van der Waals surface area (Å²) in [6.07, 6.45) is 8.43. The SMILES string of the molecule is NCC1(CNCCC2CC2)CCC1. The largest absolute Gasteiger partial charge is 0.330 e. The Morgan fingerprint density at radius 2 is 2.08 bits per heavy atom. The highest BCUT2D eigenvalue weighted by Gasteiger charge is 2.34. The molecule has 0 unspecified atom stereocenters. The molecule has 2 saturated carbocycles. The first-order valence-electron chi connectivity index (χ1n) is 5.75. The van der Waals surface area contributed by atoms with Crippen LogP contribution in [0.2, 0.25) is 0 Å². The Bertz CT molecular complexity index is 154. The third kappa shape index (κ3) is 2.44. The molecule has 3 N–H and O–H groups in total. The summed E-state index contributed by atoms with van der Waals surface area (Å²) in [5, 5.41) is 3.57. The van der Waals surface area contributed by atoms with Crippen LogP contribution in [0.15, 0.2) is 0 Å². The van der Waals surface area contributed by atoms with E-state index in [9.17, 15) is 0 Å². The summed E-state index contributed by atoms with van der Waals surface area (Å²) in [6.45, 7) is 3.26. The van der Waals surface area contributed by atoms with Crippen molar-refractivity contribution in [2.24, 2.45) is 17.1 Å². The van der Waals surface area contributed by atoms with E-state index in [0.29, 0.717) is 5.41 Å². The maximum Gasteiger partial charge on any atom is 0.00199 e. The predicted molar refractivity (Wildman–Crippen MR) is 55.5 cm³/mol. The Hall–Kier alpha value is -0.0800. The molecule has 0 aromatic rings. The van der Waals surface area contributed by atoms with Gasteiger partial charge < -0.3 is 11.1 Å². The molecule has 2 nitrogen and oxygen atoms in total. The van der Waals surface area contributed by atoms with Gasteiger partial charge in [-0.05, 0) is 43.7 Å². The van der Waals surface area contributed by atoms with E-state index in [0.717, 1.165) is 19.0 Å². The molecule has 0 spiro atoms. The van der Waals surface area contributed by atoms with Gasteiger partial charge in [0, 0.05) is 6.54 Å². The first kappa shape index (κ1) is 9.47. The lowest BCUT2D eigenvalue weighted by molar-refractivity contribution is 0.141. The number of rotatable bonds is 6. The molecule has 2 aliphatic carbocycles. The van der Waals surface area contributed by atoms with Gasteiger partial charge in [-0.15, -0.1) is 0 Å². The monoisotopic (exact) mass is 182 g/mol. The van der Waals surface area contributed by atoms with Crippen molar-refractivity contribution in [3.63, 3.8) is 0 Å². The van der Waals surface area contributed by atoms with Gasteiger partial charge in [0.25, 0.3) is 0 Å². The molecule has 0 aromatic carbocycles. The van der Waals surface area contributed by atoms with Gasteiger partial charge in [0.1, 0.15) is 0 Å². The van der Waals surface area contributed by atoms with E-state index in [1.54, 1.807) is 0 Å². The minimum atomic E-state index is 0.490. The molecule has 2 fully saturated rings. The van der Waals surface area contributed by atoms with Crippen LogP contribution < -0.4 is 11.1 Å². The van der Waals surface area contributed by atoms with Crippen LogP contribution in [0.25, 0.3) is 0 Å². The Morgan fingerprint density at radius 1 is 1.31 bits per heavy atom. The van der Waals surface area contributed by atoms with Crippen LogP contribution in [0, 0.1) is 11.3 Å². The Morgan fingerprint density at radius 3 is 2.54 bits per heavy atom. The highest BCUT2D eigenvalue weighted by Crippen LogP contribution is 2.39. The fourth-order valence-corrected chi connectivity index (χ4v) is 2.20. The van der Waals surface area contributed by atoms with Crippen molar-refractivity contribution in [2.45, 2.75) is 38.5 Å². The Balaban J connectivity index is 1.54. The van der Waals surface area contributed by atoms with Gasteiger partial charge in [-0.1, -0.05) is 19.3 Å². The summed E-state index contributed by atoms with van der Waals surface area (Å²) in [5.41, 5.74) is 6.27. The van der Waals surface area contributed by atoms with E-state index < -0.39 is 0 Å². The van der Waals surface area contributed by atoms with Crippen molar-refractivity contribution < 1.29 is 0 Å². The molecule has 0 radical (unpaired) electrons. The standard InChI is InChI=1S/C11H22N2/c12-8-11(5-1-6-11)9-13-7-4-10-2-3-10/h10,13H,1-9,12H2. The fourth-order valence-electron chi connectivity index (χ4n) is 2.20. The molecule has 2 rings (SSSR count). The molecule has 0 aliphatic heterocycles. The van der Waals surface area contributed by atoms with Crippen molar-refractivity contribution in [1.29, 1.82) is 0 Å². The van der Waals surface area contributed by atoms with Crippen LogP contribution in [0.1, 0.15) is 38.5 Å². The average molecular weight is 182 g/mol. The number of nitrogens with two attached hydrogens (primary N) is 1. The zero-order valence-electron chi connectivity index (χ0n) is 8.52. The minimum absolute atomic E-state index is 0.490. The van der Waals surface area contributed by atoms with Gasteiger partial charge in [-0.2, -0.15) is 0 Å². The number of nitrogens with one attached hydrogen (secondary N) is 1. The van der Waals surface area contributed by atoms with E-state index in [1.807, 2.05) is 0 Å². The summed E-state index contributed by atoms with van der Waals surface area (Å²) in [4.78, 5) is 0. The highest BCUT2D eigenvalue weighted by molar-refractivity contribution is 4.90. The lowest BCUT2D eigenvalue weighted by Gasteiger charge is -2.41. The normalized spacial score (nSPS) is 25.6. The third-order valence-corrected chi connectivity index (χ3v) is 3.77. The number of hydrogen-bond acceptors (Lipinski definition) is 2. The predicted octanol–water partition coefficient (Wildman–Crippen LogP) is 1.51. The Kier molecular flexibility index (Phi) is 2.89. The molecule has 0 bridgehead atoms. The number of hydrogen-bond donors (Lipinski definition) is 2. The second-order valence-electron chi connectivity index (χ2n) is 4.97. The van der Waals surface area contributed by atoms with Gasteiger partial charge in [-0.3, -0.25) is 0 Å². The second kappa shape index (κ2) is 3.97. The van der Waals surface area contributed by atoms with E-state index in [1.165, 1.54) is 45.1 Å². The van der Waals surface area contributed by atoms with Crippen LogP contribution in [-0.2, 0) is 0 Å². The van der Waals surface area contributed by atoms with Gasteiger partial charge in [0.15, 0.2) is 0 Å². The molecular formula is C11H22N2. The average Bonchev–Trinajstić information content (AvgIpc) is 2.86. The Labute approximate surface area is 81.3 Å². The summed E-state index contributed by atoms with van der Waals surface area (Å²) >= 11 is 0. The van der Waals surface area contributed by atoms with Crippen LogP contribution in [0.5, 0.6) is 0 Å². The van der Waals surface area contributed by atoms with E-state index >= 15 is 0 Å². The maximum atomic E-state index is 5.78. The van der Waals surface area contributed by atoms with Crippen LogP contribution >= 0.6 is 0 Å². The first-order chi connectivity index (χ1) is 6.35. The van der Waals surface area contributed by atoms with Gasteiger partial charge in [-0.25, -0.2) is 0 Å². The van der Waals surface area contributed by atoms with Crippen molar-refractivity contribution in [3.05, 3.63) is 0 Å². The van der Waals surface area contributed by atoms with E-state index in [4.69, 9.17) is 5.73 Å². The molecule has 2 heteroatoms. The third-order valence-electron chi connectivity index (χ3n) is 3.77. The smallest absolute Gasteiger partial charge is 0.00199 e. The highest BCUT2D eigenvalue weighted by atomic mass is 14.9. The second-order valence-corrected chi connectivity index (χ2v) is 4.97. The van der Waals surface area contributed by atoms with Gasteiger partial charge >= 0.3 is 0 Å².